The average molecular weight is 336 g/mol. The first-order valence-corrected chi connectivity index (χ1v) is 8.10. The maximum Gasteiger partial charge on any atom is 0.252 e. The SMILES string of the molecule is CCCc1cc(=O)[nH]c2nnc(SCc3cc(F)cc(F)c3)n12. The second kappa shape index (κ2) is 6.49. The lowest BCUT2D eigenvalue weighted by molar-refractivity contribution is 0.581. The molecule has 0 spiro atoms. The van der Waals surface area contributed by atoms with Crippen molar-refractivity contribution in [3.63, 3.8) is 0 Å². The van der Waals surface area contributed by atoms with Crippen LogP contribution in [-0.4, -0.2) is 19.6 Å². The van der Waals surface area contributed by atoms with E-state index in [4.69, 9.17) is 0 Å². The molecule has 120 valence electrons. The summed E-state index contributed by atoms with van der Waals surface area (Å²) in [6.07, 6.45) is 1.58. The Hall–Kier alpha value is -2.22. The molecule has 2 aromatic heterocycles. The number of nitrogens with one attached hydrogen (secondary N) is 1. The fraction of sp³-hybridized carbons (Fsp3) is 0.267. The third-order valence-corrected chi connectivity index (χ3v) is 4.25. The smallest absolute Gasteiger partial charge is 0.252 e. The Labute approximate surface area is 134 Å². The number of hydrogen-bond donors (Lipinski definition) is 1. The van der Waals surface area contributed by atoms with Crippen molar-refractivity contribution in [2.45, 2.75) is 30.7 Å². The molecule has 5 nitrogen and oxygen atoms in total. The van der Waals surface area contributed by atoms with Gasteiger partial charge in [-0.1, -0.05) is 25.1 Å². The van der Waals surface area contributed by atoms with Crippen LogP contribution in [0.2, 0.25) is 0 Å². The minimum atomic E-state index is -0.609. The van der Waals surface area contributed by atoms with E-state index in [9.17, 15) is 13.6 Å². The van der Waals surface area contributed by atoms with Crippen molar-refractivity contribution in [1.29, 1.82) is 0 Å². The topological polar surface area (TPSA) is 63.0 Å². The zero-order chi connectivity index (χ0) is 16.4. The third kappa shape index (κ3) is 3.42. The Morgan fingerprint density at radius 3 is 2.61 bits per heavy atom. The number of nitrogens with zero attached hydrogens (tertiary/aromatic N) is 3. The summed E-state index contributed by atoms with van der Waals surface area (Å²) in [7, 11) is 0. The highest BCUT2D eigenvalue weighted by Gasteiger charge is 2.12. The van der Waals surface area contributed by atoms with Crippen LogP contribution in [0.25, 0.3) is 5.78 Å². The Kier molecular flexibility index (Phi) is 4.42. The Bertz CT molecular complexity index is 886. The van der Waals surface area contributed by atoms with Gasteiger partial charge in [0.05, 0.1) is 0 Å². The highest BCUT2D eigenvalue weighted by Crippen LogP contribution is 2.23. The number of benzene rings is 1. The largest absolute Gasteiger partial charge is 0.291 e. The summed E-state index contributed by atoms with van der Waals surface area (Å²) < 4.78 is 28.2. The van der Waals surface area contributed by atoms with Crippen LogP contribution >= 0.6 is 11.8 Å². The van der Waals surface area contributed by atoms with E-state index >= 15 is 0 Å². The van der Waals surface area contributed by atoms with Crippen LogP contribution in [0.4, 0.5) is 8.78 Å². The molecule has 8 heteroatoms. The van der Waals surface area contributed by atoms with Gasteiger partial charge in [-0.05, 0) is 24.1 Å². The molecule has 0 atom stereocenters. The average Bonchev–Trinajstić information content (AvgIpc) is 2.87. The molecule has 0 radical (unpaired) electrons. The number of rotatable bonds is 5. The molecule has 0 amide bonds. The van der Waals surface area contributed by atoms with Crippen LogP contribution in [0.15, 0.2) is 34.2 Å². The molecule has 3 rings (SSSR count). The van der Waals surface area contributed by atoms with E-state index < -0.39 is 11.6 Å². The molecule has 2 heterocycles. The van der Waals surface area contributed by atoms with Crippen LogP contribution in [-0.2, 0) is 12.2 Å². The first kappa shape index (κ1) is 15.7. The minimum Gasteiger partial charge on any atom is -0.291 e. The fourth-order valence-corrected chi connectivity index (χ4v) is 3.24. The standard InChI is InChI=1S/C15H14F2N4OS/c1-2-3-12-7-13(22)18-14-19-20-15(21(12)14)23-8-9-4-10(16)6-11(17)5-9/h4-7H,2-3,8H2,1H3,(H,18,19,22). The molecule has 0 fully saturated rings. The molecular weight excluding hydrogens is 322 g/mol. The zero-order valence-corrected chi connectivity index (χ0v) is 13.2. The fourth-order valence-electron chi connectivity index (χ4n) is 2.35. The normalized spacial score (nSPS) is 11.3. The van der Waals surface area contributed by atoms with E-state index in [1.165, 1.54) is 30.0 Å². The van der Waals surface area contributed by atoms with Gasteiger partial charge in [0.25, 0.3) is 5.56 Å². The van der Waals surface area contributed by atoms with Crippen LogP contribution < -0.4 is 5.56 Å². The maximum absolute atomic E-state index is 13.2. The number of halogens is 2. The van der Waals surface area contributed by atoms with Crippen molar-refractivity contribution in [3.8, 4) is 0 Å². The van der Waals surface area contributed by atoms with Crippen molar-refractivity contribution in [2.75, 3.05) is 0 Å². The second-order valence-corrected chi connectivity index (χ2v) is 6.03. The highest BCUT2D eigenvalue weighted by molar-refractivity contribution is 7.98. The summed E-state index contributed by atoms with van der Waals surface area (Å²) in [5, 5.41) is 8.59. The molecule has 0 saturated heterocycles. The monoisotopic (exact) mass is 336 g/mol. The number of fused-ring (bicyclic) bond motifs is 1. The molecule has 23 heavy (non-hydrogen) atoms. The van der Waals surface area contributed by atoms with E-state index in [-0.39, 0.29) is 5.56 Å². The van der Waals surface area contributed by atoms with E-state index in [0.717, 1.165) is 18.2 Å². The number of aryl methyl sites for hydroxylation is 1. The van der Waals surface area contributed by atoms with Gasteiger partial charge >= 0.3 is 0 Å². The second-order valence-electron chi connectivity index (χ2n) is 5.08. The van der Waals surface area contributed by atoms with Crippen LogP contribution in [0.1, 0.15) is 24.6 Å². The first-order chi connectivity index (χ1) is 11.1. The zero-order valence-electron chi connectivity index (χ0n) is 12.3. The molecular formula is C15H14F2N4OS. The lowest BCUT2D eigenvalue weighted by Crippen LogP contribution is -2.11. The van der Waals surface area contributed by atoms with Crippen molar-refractivity contribution in [2.24, 2.45) is 0 Å². The number of thioether (sulfide) groups is 1. The van der Waals surface area contributed by atoms with Gasteiger partial charge in [-0.25, -0.2) is 8.78 Å². The molecule has 1 N–H and O–H groups in total. The predicted molar refractivity (Wildman–Crippen MR) is 83.5 cm³/mol. The number of H-pyrrole nitrogens is 1. The van der Waals surface area contributed by atoms with Crippen molar-refractivity contribution in [1.82, 2.24) is 19.6 Å². The molecule has 0 aliphatic rings. The summed E-state index contributed by atoms with van der Waals surface area (Å²) in [5.41, 5.74) is 1.10. The van der Waals surface area contributed by atoms with Crippen LogP contribution in [0.3, 0.4) is 0 Å². The molecule has 0 aliphatic heterocycles. The summed E-state index contributed by atoms with van der Waals surface area (Å²) in [5.74, 6) is -0.501. The Morgan fingerprint density at radius 2 is 1.91 bits per heavy atom. The van der Waals surface area contributed by atoms with E-state index in [1.807, 2.05) is 6.92 Å². The minimum absolute atomic E-state index is 0.225. The maximum atomic E-state index is 13.2. The molecule has 0 bridgehead atoms. The first-order valence-electron chi connectivity index (χ1n) is 7.12. The lowest BCUT2D eigenvalue weighted by atomic mass is 10.2. The number of hydrogen-bond acceptors (Lipinski definition) is 4. The molecule has 0 saturated carbocycles. The van der Waals surface area contributed by atoms with Gasteiger partial charge in [0, 0.05) is 23.6 Å². The summed E-state index contributed by atoms with van der Waals surface area (Å²) in [4.78, 5) is 14.2. The lowest BCUT2D eigenvalue weighted by Gasteiger charge is -2.06. The van der Waals surface area contributed by atoms with E-state index in [1.54, 1.807) is 4.40 Å². The molecule has 0 unspecified atom stereocenters. The Balaban J connectivity index is 1.92. The van der Waals surface area contributed by atoms with E-state index in [0.29, 0.717) is 28.7 Å². The summed E-state index contributed by atoms with van der Waals surface area (Å²) in [6, 6.07) is 4.93. The quantitative estimate of drug-likeness (QED) is 0.728. The van der Waals surface area contributed by atoms with Gasteiger partial charge in [-0.3, -0.25) is 14.2 Å². The summed E-state index contributed by atoms with van der Waals surface area (Å²) in [6.45, 7) is 2.01. The number of aromatic amines is 1. The van der Waals surface area contributed by atoms with Crippen LogP contribution in [0, 0.1) is 11.6 Å². The van der Waals surface area contributed by atoms with Gasteiger partial charge in [-0.2, -0.15) is 0 Å². The van der Waals surface area contributed by atoms with Gasteiger partial charge < -0.3 is 0 Å². The van der Waals surface area contributed by atoms with Gasteiger partial charge in [0.2, 0.25) is 5.78 Å². The predicted octanol–water partition coefficient (Wildman–Crippen LogP) is 2.94. The van der Waals surface area contributed by atoms with Gasteiger partial charge in [0.1, 0.15) is 11.6 Å². The van der Waals surface area contributed by atoms with Crippen LogP contribution in [0.5, 0.6) is 0 Å². The highest BCUT2D eigenvalue weighted by atomic mass is 32.2. The Morgan fingerprint density at radius 1 is 1.17 bits per heavy atom. The van der Waals surface area contributed by atoms with Crippen molar-refractivity contribution in [3.05, 3.63) is 57.5 Å². The molecule has 3 aromatic rings. The summed E-state index contributed by atoms with van der Waals surface area (Å²) >= 11 is 1.31. The van der Waals surface area contributed by atoms with Gasteiger partial charge in [0.15, 0.2) is 5.16 Å². The molecule has 0 aliphatic carbocycles. The molecule has 1 aromatic carbocycles. The third-order valence-electron chi connectivity index (χ3n) is 3.25. The number of aromatic nitrogens is 4. The van der Waals surface area contributed by atoms with E-state index in [2.05, 4.69) is 15.2 Å². The van der Waals surface area contributed by atoms with Crippen molar-refractivity contribution >= 4 is 17.5 Å². The van der Waals surface area contributed by atoms with Crippen molar-refractivity contribution < 1.29 is 8.78 Å². The van der Waals surface area contributed by atoms with Gasteiger partial charge in [-0.15, -0.1) is 10.2 Å².